The van der Waals surface area contributed by atoms with Crippen molar-refractivity contribution in [1.82, 2.24) is 4.37 Å². The van der Waals surface area contributed by atoms with Gasteiger partial charge in [0.05, 0.1) is 22.0 Å². The van der Waals surface area contributed by atoms with E-state index in [-0.39, 0.29) is 11.6 Å². The number of thiophene rings is 1. The number of ether oxygens (including phenoxy) is 1. The van der Waals surface area contributed by atoms with Crippen LogP contribution in [0.3, 0.4) is 0 Å². The second kappa shape index (κ2) is 5.47. The molecule has 0 aliphatic carbocycles. The number of carbonyl (C=O) groups is 2. The standard InChI is InChI=1S/C10H7ClN2O3S2/c1-16-10(15)8-5(4-17-13-8)12-9(14)6-2-3-7(11)18-6/h2-4H,1H3,(H,12,14). The Labute approximate surface area is 116 Å². The minimum Gasteiger partial charge on any atom is -0.464 e. The molecule has 5 nitrogen and oxygen atoms in total. The molecular formula is C10H7ClN2O3S2. The number of hydrogen-bond acceptors (Lipinski definition) is 6. The molecule has 18 heavy (non-hydrogen) atoms. The third-order valence-electron chi connectivity index (χ3n) is 1.99. The first-order chi connectivity index (χ1) is 8.61. The molecule has 0 atom stereocenters. The third-order valence-corrected chi connectivity index (χ3v) is 3.85. The van der Waals surface area contributed by atoms with Crippen molar-refractivity contribution in [2.24, 2.45) is 0 Å². The summed E-state index contributed by atoms with van der Waals surface area (Å²) in [7, 11) is 1.26. The number of rotatable bonds is 3. The van der Waals surface area contributed by atoms with Crippen LogP contribution in [0.25, 0.3) is 0 Å². The van der Waals surface area contributed by atoms with Gasteiger partial charge in [-0.25, -0.2) is 4.79 Å². The fourth-order valence-electron chi connectivity index (χ4n) is 1.19. The largest absolute Gasteiger partial charge is 0.464 e. The van der Waals surface area contributed by atoms with Crippen LogP contribution in [-0.4, -0.2) is 23.4 Å². The van der Waals surface area contributed by atoms with Crippen molar-refractivity contribution in [3.63, 3.8) is 0 Å². The van der Waals surface area contributed by atoms with Gasteiger partial charge in [-0.05, 0) is 23.7 Å². The van der Waals surface area contributed by atoms with Crippen LogP contribution in [0.2, 0.25) is 4.34 Å². The monoisotopic (exact) mass is 302 g/mol. The summed E-state index contributed by atoms with van der Waals surface area (Å²) in [4.78, 5) is 23.7. The number of amides is 1. The van der Waals surface area contributed by atoms with E-state index in [1.54, 1.807) is 17.5 Å². The molecule has 0 saturated heterocycles. The minimum absolute atomic E-state index is 0.0958. The van der Waals surface area contributed by atoms with Crippen LogP contribution in [0, 0.1) is 0 Å². The van der Waals surface area contributed by atoms with Crippen molar-refractivity contribution in [2.45, 2.75) is 0 Å². The third kappa shape index (κ3) is 2.69. The summed E-state index contributed by atoms with van der Waals surface area (Å²) in [6.45, 7) is 0. The number of esters is 1. The van der Waals surface area contributed by atoms with Gasteiger partial charge in [-0.15, -0.1) is 11.3 Å². The zero-order valence-corrected chi connectivity index (χ0v) is 11.5. The van der Waals surface area contributed by atoms with E-state index >= 15 is 0 Å². The first kappa shape index (κ1) is 13.0. The second-order valence-electron chi connectivity index (χ2n) is 3.13. The van der Waals surface area contributed by atoms with E-state index in [1.165, 1.54) is 7.11 Å². The van der Waals surface area contributed by atoms with Gasteiger partial charge in [0, 0.05) is 5.38 Å². The molecule has 0 aliphatic rings. The molecular weight excluding hydrogens is 296 g/mol. The van der Waals surface area contributed by atoms with Gasteiger partial charge >= 0.3 is 5.97 Å². The summed E-state index contributed by atoms with van der Waals surface area (Å²) in [5, 5.41) is 4.16. The lowest BCUT2D eigenvalue weighted by atomic mass is 10.3. The molecule has 2 aromatic heterocycles. The van der Waals surface area contributed by atoms with Crippen LogP contribution in [-0.2, 0) is 4.74 Å². The number of anilines is 1. The lowest BCUT2D eigenvalue weighted by Gasteiger charge is -2.02. The van der Waals surface area contributed by atoms with E-state index in [4.69, 9.17) is 11.6 Å². The Morgan fingerprint density at radius 1 is 1.44 bits per heavy atom. The van der Waals surface area contributed by atoms with E-state index in [2.05, 4.69) is 14.4 Å². The van der Waals surface area contributed by atoms with Gasteiger partial charge in [-0.2, -0.15) is 4.37 Å². The average molecular weight is 303 g/mol. The smallest absolute Gasteiger partial charge is 0.359 e. The molecule has 94 valence electrons. The summed E-state index contributed by atoms with van der Waals surface area (Å²) < 4.78 is 8.96. The molecule has 1 N–H and O–H groups in total. The molecule has 0 fully saturated rings. The fourth-order valence-corrected chi connectivity index (χ4v) is 2.73. The molecule has 2 heterocycles. The summed E-state index contributed by atoms with van der Waals surface area (Å²) in [6.07, 6.45) is 0. The summed E-state index contributed by atoms with van der Waals surface area (Å²) >= 11 is 7.97. The molecule has 2 rings (SSSR count). The van der Waals surface area contributed by atoms with Crippen molar-refractivity contribution < 1.29 is 14.3 Å². The molecule has 8 heteroatoms. The van der Waals surface area contributed by atoms with Gasteiger partial charge in [0.15, 0.2) is 5.69 Å². The first-order valence-corrected chi connectivity index (χ1v) is 6.74. The molecule has 0 bridgehead atoms. The van der Waals surface area contributed by atoms with Crippen LogP contribution < -0.4 is 5.32 Å². The molecule has 0 spiro atoms. The Morgan fingerprint density at radius 3 is 2.83 bits per heavy atom. The van der Waals surface area contributed by atoms with Crippen LogP contribution in [0.4, 0.5) is 5.69 Å². The van der Waals surface area contributed by atoms with Gasteiger partial charge in [0.25, 0.3) is 5.91 Å². The highest BCUT2D eigenvalue weighted by atomic mass is 35.5. The Bertz CT molecular complexity index is 593. The van der Waals surface area contributed by atoms with Crippen molar-refractivity contribution >= 4 is 52.0 Å². The van der Waals surface area contributed by atoms with Crippen molar-refractivity contribution in [1.29, 1.82) is 0 Å². The molecule has 0 aromatic carbocycles. The van der Waals surface area contributed by atoms with Gasteiger partial charge in [-0.3, -0.25) is 4.79 Å². The van der Waals surface area contributed by atoms with E-state index in [0.717, 1.165) is 22.9 Å². The molecule has 1 amide bonds. The zero-order valence-electron chi connectivity index (χ0n) is 9.10. The molecule has 0 aliphatic heterocycles. The maximum Gasteiger partial charge on any atom is 0.359 e. The predicted molar refractivity (Wildman–Crippen MR) is 70.7 cm³/mol. The predicted octanol–water partition coefficient (Wildman–Crippen LogP) is 2.90. The van der Waals surface area contributed by atoms with Crippen LogP contribution in [0.15, 0.2) is 17.5 Å². The van der Waals surface area contributed by atoms with Crippen LogP contribution in [0.1, 0.15) is 20.2 Å². The topological polar surface area (TPSA) is 68.3 Å². The lowest BCUT2D eigenvalue weighted by Crippen LogP contribution is -2.13. The van der Waals surface area contributed by atoms with Gasteiger partial charge in [0.2, 0.25) is 0 Å². The number of carbonyl (C=O) groups excluding carboxylic acids is 2. The number of halogens is 1. The SMILES string of the molecule is COC(=O)c1nscc1NC(=O)c1ccc(Cl)s1. The van der Waals surface area contributed by atoms with Crippen LogP contribution >= 0.6 is 34.5 Å². The quantitative estimate of drug-likeness (QED) is 0.885. The minimum atomic E-state index is -0.587. The maximum atomic E-state index is 11.9. The summed E-state index contributed by atoms with van der Waals surface area (Å²) in [5.74, 6) is -0.923. The number of nitrogens with zero attached hydrogens (tertiary/aromatic N) is 1. The second-order valence-corrected chi connectivity index (χ2v) is 5.47. The average Bonchev–Trinajstić information content (AvgIpc) is 2.97. The summed E-state index contributed by atoms with van der Waals surface area (Å²) in [6, 6.07) is 3.24. The molecule has 0 radical (unpaired) electrons. The maximum absolute atomic E-state index is 11.9. The van der Waals surface area contributed by atoms with E-state index in [0.29, 0.717) is 14.9 Å². The van der Waals surface area contributed by atoms with E-state index in [9.17, 15) is 9.59 Å². The van der Waals surface area contributed by atoms with Crippen LogP contribution in [0.5, 0.6) is 0 Å². The number of nitrogens with one attached hydrogen (secondary N) is 1. The van der Waals surface area contributed by atoms with E-state index < -0.39 is 5.97 Å². The Hall–Kier alpha value is -1.44. The molecule has 0 unspecified atom stereocenters. The first-order valence-electron chi connectivity index (χ1n) is 4.71. The highest BCUT2D eigenvalue weighted by Gasteiger charge is 2.18. The Kier molecular flexibility index (Phi) is 3.95. The van der Waals surface area contributed by atoms with Crippen molar-refractivity contribution in [2.75, 3.05) is 12.4 Å². The number of aromatic nitrogens is 1. The highest BCUT2D eigenvalue weighted by molar-refractivity contribution is 7.18. The number of methoxy groups -OCH3 is 1. The number of hydrogen-bond donors (Lipinski definition) is 1. The Morgan fingerprint density at radius 2 is 2.22 bits per heavy atom. The van der Waals surface area contributed by atoms with Gasteiger partial charge < -0.3 is 10.1 Å². The summed E-state index contributed by atoms with van der Waals surface area (Å²) in [5.41, 5.74) is 0.430. The molecule has 0 saturated carbocycles. The highest BCUT2D eigenvalue weighted by Crippen LogP contribution is 2.24. The molecule has 2 aromatic rings. The van der Waals surface area contributed by atoms with Crippen molar-refractivity contribution in [3.05, 3.63) is 32.4 Å². The lowest BCUT2D eigenvalue weighted by molar-refractivity contribution is 0.0596. The van der Waals surface area contributed by atoms with Gasteiger partial charge in [-0.1, -0.05) is 11.6 Å². The van der Waals surface area contributed by atoms with Gasteiger partial charge in [0.1, 0.15) is 0 Å². The van der Waals surface area contributed by atoms with Crippen molar-refractivity contribution in [3.8, 4) is 0 Å². The Balaban J connectivity index is 2.17. The fraction of sp³-hybridized carbons (Fsp3) is 0.100. The zero-order chi connectivity index (χ0) is 13.1. The normalized spacial score (nSPS) is 10.1. The van der Waals surface area contributed by atoms with E-state index in [1.807, 2.05) is 0 Å².